The van der Waals surface area contributed by atoms with Crippen molar-refractivity contribution in [3.8, 4) is 0 Å². The number of fused-ring (bicyclic) bond motifs is 1. The van der Waals surface area contributed by atoms with Crippen molar-refractivity contribution in [1.29, 1.82) is 0 Å². The molecule has 0 atom stereocenters. The second-order valence-corrected chi connectivity index (χ2v) is 3.22. The lowest BCUT2D eigenvalue weighted by Crippen LogP contribution is -1.76. The molecule has 1 aromatic carbocycles. The van der Waals surface area contributed by atoms with Crippen LogP contribution in [0, 0.1) is 6.92 Å². The van der Waals surface area contributed by atoms with Gasteiger partial charge in [0.2, 0.25) is 0 Å². The molecule has 0 bridgehead atoms. The van der Waals surface area contributed by atoms with E-state index < -0.39 is 0 Å². The summed E-state index contributed by atoms with van der Waals surface area (Å²) in [4.78, 5) is 3.27. The number of H-pyrrole nitrogens is 1. The molecule has 2 aromatic rings. The number of hydrogen-bond acceptors (Lipinski definition) is 0. The highest BCUT2D eigenvalue weighted by molar-refractivity contribution is 5.83. The molecule has 0 aliphatic heterocycles. The van der Waals surface area contributed by atoms with E-state index in [4.69, 9.17) is 0 Å². The molecule has 2 rings (SSSR count). The van der Waals surface area contributed by atoms with Crippen molar-refractivity contribution in [2.45, 2.75) is 34.1 Å². The van der Waals surface area contributed by atoms with Crippen molar-refractivity contribution in [3.63, 3.8) is 0 Å². The van der Waals surface area contributed by atoms with E-state index >= 15 is 0 Å². The van der Waals surface area contributed by atoms with E-state index in [1.165, 1.54) is 22.0 Å². The summed E-state index contributed by atoms with van der Waals surface area (Å²) in [7, 11) is 0. The first-order chi connectivity index (χ1) is 6.81. The van der Waals surface area contributed by atoms with Crippen molar-refractivity contribution in [2.75, 3.05) is 0 Å². The second kappa shape index (κ2) is 4.85. The fourth-order valence-corrected chi connectivity index (χ4v) is 1.58. The quantitative estimate of drug-likeness (QED) is 0.691. The molecule has 0 fully saturated rings. The summed E-state index contributed by atoms with van der Waals surface area (Å²) in [6.07, 6.45) is 3.20. The fraction of sp³-hybridized carbons (Fsp3) is 0.385. The van der Waals surface area contributed by atoms with E-state index in [-0.39, 0.29) is 1.43 Å². The molecule has 0 aliphatic rings. The van der Waals surface area contributed by atoms with Crippen LogP contribution in [0.3, 0.4) is 0 Å². The average molecular weight is 191 g/mol. The van der Waals surface area contributed by atoms with E-state index in [0.29, 0.717) is 0 Å². The maximum absolute atomic E-state index is 3.27. The standard InChI is InChI=1S/C11H13N.C2H6.H2/c1-3-9-7-12-11-5-4-8(2)6-10(9)11;1-2;/h4-7,12H,3H2,1-2H3;1-2H3;1H. The highest BCUT2D eigenvalue weighted by Crippen LogP contribution is 2.19. The predicted octanol–water partition coefficient (Wildman–Crippen LogP) is 4.31. The molecule has 1 nitrogen and oxygen atoms in total. The zero-order valence-corrected chi connectivity index (χ0v) is 9.52. The van der Waals surface area contributed by atoms with Crippen LogP contribution < -0.4 is 0 Å². The third-order valence-corrected chi connectivity index (χ3v) is 2.30. The van der Waals surface area contributed by atoms with Crippen molar-refractivity contribution < 1.29 is 1.43 Å². The van der Waals surface area contributed by atoms with Gasteiger partial charge in [0.15, 0.2) is 0 Å². The van der Waals surface area contributed by atoms with Crippen LogP contribution in [0.25, 0.3) is 10.9 Å². The highest BCUT2D eigenvalue weighted by Gasteiger charge is 2.00. The van der Waals surface area contributed by atoms with Crippen LogP contribution in [0.1, 0.15) is 33.3 Å². The van der Waals surface area contributed by atoms with Gasteiger partial charge in [0.05, 0.1) is 0 Å². The summed E-state index contributed by atoms with van der Waals surface area (Å²) in [6, 6.07) is 6.52. The van der Waals surface area contributed by atoms with Gasteiger partial charge in [-0.15, -0.1) is 0 Å². The van der Waals surface area contributed by atoms with Crippen LogP contribution >= 0.6 is 0 Å². The number of nitrogens with one attached hydrogen (secondary N) is 1. The topological polar surface area (TPSA) is 15.8 Å². The first kappa shape index (κ1) is 10.8. The van der Waals surface area contributed by atoms with Crippen molar-refractivity contribution in [2.24, 2.45) is 0 Å². The van der Waals surface area contributed by atoms with Gasteiger partial charge in [0, 0.05) is 18.5 Å². The van der Waals surface area contributed by atoms with E-state index in [1.54, 1.807) is 0 Å². The number of benzene rings is 1. The van der Waals surface area contributed by atoms with Crippen LogP contribution in [0.2, 0.25) is 0 Å². The summed E-state index contributed by atoms with van der Waals surface area (Å²) >= 11 is 0. The number of aromatic nitrogens is 1. The summed E-state index contributed by atoms with van der Waals surface area (Å²) in [5.74, 6) is 0. The van der Waals surface area contributed by atoms with E-state index in [2.05, 4.69) is 43.2 Å². The molecule has 78 valence electrons. The lowest BCUT2D eigenvalue weighted by atomic mass is 10.1. The number of aromatic amines is 1. The molecule has 14 heavy (non-hydrogen) atoms. The minimum absolute atomic E-state index is 0. The van der Waals surface area contributed by atoms with Crippen molar-refractivity contribution in [1.82, 2.24) is 4.98 Å². The summed E-state index contributed by atoms with van der Waals surface area (Å²) < 4.78 is 0. The zero-order chi connectivity index (χ0) is 10.6. The Bertz CT molecular complexity index is 404. The normalized spacial score (nSPS) is 9.71. The number of rotatable bonds is 1. The van der Waals surface area contributed by atoms with Gasteiger partial charge >= 0.3 is 0 Å². The van der Waals surface area contributed by atoms with Gasteiger partial charge in [-0.1, -0.05) is 32.4 Å². The van der Waals surface area contributed by atoms with Crippen LogP contribution in [0.15, 0.2) is 24.4 Å². The Morgan fingerprint density at radius 3 is 2.64 bits per heavy atom. The summed E-state index contributed by atoms with van der Waals surface area (Å²) in [5.41, 5.74) is 3.99. The smallest absolute Gasteiger partial charge is 0.0456 e. The second-order valence-electron chi connectivity index (χ2n) is 3.22. The number of aryl methyl sites for hydroxylation is 2. The maximum Gasteiger partial charge on any atom is 0.0456 e. The Kier molecular flexibility index (Phi) is 3.75. The van der Waals surface area contributed by atoms with E-state index in [0.717, 1.165) is 6.42 Å². The van der Waals surface area contributed by atoms with Crippen LogP contribution in [-0.2, 0) is 6.42 Å². The molecular weight excluding hydrogens is 170 g/mol. The van der Waals surface area contributed by atoms with Gasteiger partial charge in [0.1, 0.15) is 0 Å². The van der Waals surface area contributed by atoms with Crippen LogP contribution in [0.5, 0.6) is 0 Å². The lowest BCUT2D eigenvalue weighted by molar-refractivity contribution is 1.15. The predicted molar refractivity (Wildman–Crippen MR) is 65.9 cm³/mol. The Morgan fingerprint density at radius 1 is 1.29 bits per heavy atom. The molecule has 1 heterocycles. The highest BCUT2D eigenvalue weighted by atomic mass is 14.7. The van der Waals surface area contributed by atoms with Gasteiger partial charge in [-0.3, -0.25) is 0 Å². The van der Waals surface area contributed by atoms with Gasteiger partial charge in [-0.05, 0) is 31.0 Å². The lowest BCUT2D eigenvalue weighted by Gasteiger charge is -1.95. The van der Waals surface area contributed by atoms with Gasteiger partial charge < -0.3 is 4.98 Å². The summed E-state index contributed by atoms with van der Waals surface area (Å²) in [6.45, 7) is 8.32. The Morgan fingerprint density at radius 2 is 2.00 bits per heavy atom. The molecular formula is C13H21N. The van der Waals surface area contributed by atoms with Gasteiger partial charge in [-0.2, -0.15) is 0 Å². The molecule has 1 heteroatoms. The SMILES string of the molecule is CC.CCc1c[nH]c2ccc(C)cc12.[HH]. The average Bonchev–Trinajstić information content (AvgIpc) is 2.63. The molecule has 0 radical (unpaired) electrons. The van der Waals surface area contributed by atoms with Gasteiger partial charge in [0.25, 0.3) is 0 Å². The minimum Gasteiger partial charge on any atom is -0.361 e. The maximum atomic E-state index is 3.27. The van der Waals surface area contributed by atoms with Crippen LogP contribution in [0.4, 0.5) is 0 Å². The van der Waals surface area contributed by atoms with Crippen molar-refractivity contribution in [3.05, 3.63) is 35.5 Å². The number of hydrogen-bond donors (Lipinski definition) is 1. The van der Waals surface area contributed by atoms with E-state index in [9.17, 15) is 0 Å². The molecule has 1 aromatic heterocycles. The minimum atomic E-state index is 0. The van der Waals surface area contributed by atoms with Crippen LogP contribution in [-0.4, -0.2) is 4.98 Å². The first-order valence-corrected chi connectivity index (χ1v) is 5.38. The summed E-state index contributed by atoms with van der Waals surface area (Å²) in [5, 5.41) is 1.37. The zero-order valence-electron chi connectivity index (χ0n) is 9.52. The van der Waals surface area contributed by atoms with Gasteiger partial charge in [-0.25, -0.2) is 0 Å². The molecule has 1 N–H and O–H groups in total. The van der Waals surface area contributed by atoms with Crippen molar-refractivity contribution >= 4 is 10.9 Å². The third-order valence-electron chi connectivity index (χ3n) is 2.30. The molecule has 0 saturated heterocycles. The third kappa shape index (κ3) is 1.98. The molecule has 0 unspecified atom stereocenters. The Hall–Kier alpha value is -1.24. The molecule has 0 spiro atoms. The first-order valence-electron chi connectivity index (χ1n) is 5.38. The Labute approximate surface area is 87.6 Å². The monoisotopic (exact) mass is 191 g/mol. The largest absolute Gasteiger partial charge is 0.361 e. The van der Waals surface area contributed by atoms with E-state index in [1.807, 2.05) is 13.8 Å². The molecule has 0 amide bonds. The molecule has 0 saturated carbocycles. The fourth-order valence-electron chi connectivity index (χ4n) is 1.58. The Balaban J connectivity index is 0.000000617. The molecule has 0 aliphatic carbocycles.